The summed E-state index contributed by atoms with van der Waals surface area (Å²) >= 11 is 0. The lowest BCUT2D eigenvalue weighted by atomic mass is 10.1. The Kier molecular flexibility index (Phi) is 6.85. The second-order valence-electron chi connectivity index (χ2n) is 7.98. The molecule has 4 rings (SSSR count). The molecule has 0 aliphatic carbocycles. The average Bonchev–Trinajstić information content (AvgIpc) is 3.30. The third-order valence-electron chi connectivity index (χ3n) is 5.64. The first-order chi connectivity index (χ1) is 15.8. The fraction of sp³-hybridized carbons (Fsp3) is 0.391. The second-order valence-corrected chi connectivity index (χ2v) is 9.92. The lowest BCUT2D eigenvalue weighted by molar-refractivity contribution is -0.124. The monoisotopic (exact) mass is 474 g/mol. The molecule has 2 heterocycles. The smallest absolute Gasteiger partial charge is 0.338 e. The molecule has 0 unspecified atom stereocenters. The standard InChI is InChI=1S/C23H26N2O7S/c1-16-5-7-18(33(28,29)25-9-3-2-4-10-25)12-19(16)23(27)30-14-22(26)24-13-17-6-8-20-21(11-17)32-15-31-20/h5-8,11-12H,2-4,9-10,13-15H2,1H3,(H,24,26). The van der Waals surface area contributed by atoms with Crippen LogP contribution in [0.2, 0.25) is 0 Å². The molecule has 2 aromatic rings. The SMILES string of the molecule is Cc1ccc(S(=O)(=O)N2CCCCC2)cc1C(=O)OCC(=O)NCc1ccc2c(c1)OCO2. The highest BCUT2D eigenvalue weighted by Crippen LogP contribution is 2.32. The van der Waals surface area contributed by atoms with E-state index in [0.29, 0.717) is 30.2 Å². The van der Waals surface area contributed by atoms with Gasteiger partial charge in [0.1, 0.15) is 0 Å². The highest BCUT2D eigenvalue weighted by Gasteiger charge is 2.27. The summed E-state index contributed by atoms with van der Waals surface area (Å²) in [6.45, 7) is 2.55. The van der Waals surface area contributed by atoms with Gasteiger partial charge in [0.25, 0.3) is 5.91 Å². The molecule has 1 saturated heterocycles. The highest BCUT2D eigenvalue weighted by molar-refractivity contribution is 7.89. The van der Waals surface area contributed by atoms with Crippen molar-refractivity contribution >= 4 is 21.9 Å². The number of ether oxygens (including phenoxy) is 3. The molecular formula is C23H26N2O7S. The molecule has 1 fully saturated rings. The van der Waals surface area contributed by atoms with Gasteiger partial charge in [0.15, 0.2) is 18.1 Å². The molecular weight excluding hydrogens is 448 g/mol. The number of aryl methyl sites for hydroxylation is 1. The number of esters is 1. The van der Waals surface area contributed by atoms with Crippen LogP contribution in [0.1, 0.15) is 40.7 Å². The van der Waals surface area contributed by atoms with Gasteiger partial charge >= 0.3 is 5.97 Å². The van der Waals surface area contributed by atoms with Crippen LogP contribution in [0.25, 0.3) is 0 Å². The van der Waals surface area contributed by atoms with Gasteiger partial charge in [-0.15, -0.1) is 0 Å². The van der Waals surface area contributed by atoms with Crippen molar-refractivity contribution in [2.75, 3.05) is 26.5 Å². The molecule has 0 radical (unpaired) electrons. The van der Waals surface area contributed by atoms with Crippen LogP contribution in [0.15, 0.2) is 41.3 Å². The molecule has 0 atom stereocenters. The van der Waals surface area contributed by atoms with E-state index in [1.807, 2.05) is 0 Å². The first-order valence-electron chi connectivity index (χ1n) is 10.8. The maximum atomic E-state index is 12.9. The minimum atomic E-state index is -3.68. The van der Waals surface area contributed by atoms with E-state index in [1.54, 1.807) is 31.2 Å². The predicted octanol–water partition coefficient (Wildman–Crippen LogP) is 2.37. The van der Waals surface area contributed by atoms with Crippen LogP contribution in [0.3, 0.4) is 0 Å². The average molecular weight is 475 g/mol. The Bertz CT molecular complexity index is 1160. The summed E-state index contributed by atoms with van der Waals surface area (Å²) in [5.41, 5.74) is 1.50. The molecule has 2 aliphatic rings. The number of hydrogen-bond donors (Lipinski definition) is 1. The summed E-state index contributed by atoms with van der Waals surface area (Å²) < 4.78 is 43.0. The number of sulfonamides is 1. The van der Waals surface area contributed by atoms with E-state index in [2.05, 4.69) is 5.32 Å². The van der Waals surface area contributed by atoms with Gasteiger partial charge in [-0.3, -0.25) is 4.79 Å². The van der Waals surface area contributed by atoms with Gasteiger partial charge in [-0.25, -0.2) is 13.2 Å². The summed E-state index contributed by atoms with van der Waals surface area (Å²) in [5.74, 6) is 0.0409. The molecule has 2 aliphatic heterocycles. The van der Waals surface area contributed by atoms with Gasteiger partial charge in [-0.1, -0.05) is 18.6 Å². The quantitative estimate of drug-likeness (QED) is 0.613. The number of piperidine rings is 1. The normalized spacial score (nSPS) is 15.8. The largest absolute Gasteiger partial charge is 0.454 e. The molecule has 176 valence electrons. The van der Waals surface area contributed by atoms with Crippen LogP contribution in [0, 0.1) is 6.92 Å². The van der Waals surface area contributed by atoms with Gasteiger partial charge < -0.3 is 19.5 Å². The third kappa shape index (κ3) is 5.28. The topological polar surface area (TPSA) is 111 Å². The minimum Gasteiger partial charge on any atom is -0.454 e. The first kappa shape index (κ1) is 23.1. The lowest BCUT2D eigenvalue weighted by Gasteiger charge is -2.26. The van der Waals surface area contributed by atoms with Crippen molar-refractivity contribution in [3.8, 4) is 11.5 Å². The fourth-order valence-electron chi connectivity index (χ4n) is 3.75. The molecule has 10 heteroatoms. The van der Waals surface area contributed by atoms with Crippen LogP contribution in [0.5, 0.6) is 11.5 Å². The molecule has 0 saturated carbocycles. The number of fused-ring (bicyclic) bond motifs is 1. The number of nitrogens with zero attached hydrogens (tertiary/aromatic N) is 1. The van der Waals surface area contributed by atoms with Gasteiger partial charge in [0, 0.05) is 19.6 Å². The van der Waals surface area contributed by atoms with E-state index in [9.17, 15) is 18.0 Å². The van der Waals surface area contributed by atoms with Crippen LogP contribution in [0.4, 0.5) is 0 Å². The molecule has 0 aromatic heterocycles. The number of benzene rings is 2. The molecule has 1 amide bonds. The van der Waals surface area contributed by atoms with E-state index in [4.69, 9.17) is 14.2 Å². The Hall–Kier alpha value is -3.11. The number of nitrogens with one attached hydrogen (secondary N) is 1. The van der Waals surface area contributed by atoms with Gasteiger partial charge in [-0.05, 0) is 55.2 Å². The number of amides is 1. The lowest BCUT2D eigenvalue weighted by Crippen LogP contribution is -2.35. The van der Waals surface area contributed by atoms with Gasteiger partial charge in [0.05, 0.1) is 10.5 Å². The van der Waals surface area contributed by atoms with Crippen molar-refractivity contribution in [2.45, 2.75) is 37.6 Å². The maximum Gasteiger partial charge on any atom is 0.338 e. The molecule has 1 N–H and O–H groups in total. The zero-order valence-corrected chi connectivity index (χ0v) is 19.2. The second kappa shape index (κ2) is 9.80. The van der Waals surface area contributed by atoms with Crippen LogP contribution in [-0.2, 0) is 26.1 Å². The molecule has 0 spiro atoms. The Morgan fingerprint density at radius 3 is 2.58 bits per heavy atom. The van der Waals surface area contributed by atoms with Crippen molar-refractivity contribution in [1.29, 1.82) is 0 Å². The number of rotatable bonds is 7. The summed E-state index contributed by atoms with van der Waals surface area (Å²) in [6, 6.07) is 9.73. The van der Waals surface area contributed by atoms with E-state index in [1.165, 1.54) is 16.4 Å². The number of carbonyl (C=O) groups excluding carboxylic acids is 2. The van der Waals surface area contributed by atoms with Crippen molar-refractivity contribution < 1.29 is 32.2 Å². The van der Waals surface area contributed by atoms with Crippen LogP contribution < -0.4 is 14.8 Å². The van der Waals surface area contributed by atoms with Crippen molar-refractivity contribution in [3.63, 3.8) is 0 Å². The highest BCUT2D eigenvalue weighted by atomic mass is 32.2. The summed E-state index contributed by atoms with van der Waals surface area (Å²) in [6.07, 6.45) is 2.65. The molecule has 33 heavy (non-hydrogen) atoms. The number of carbonyl (C=O) groups is 2. The summed E-state index contributed by atoms with van der Waals surface area (Å²) in [5, 5.41) is 2.68. The Morgan fingerprint density at radius 2 is 1.79 bits per heavy atom. The molecule has 0 bridgehead atoms. The Morgan fingerprint density at radius 1 is 1.03 bits per heavy atom. The Labute approximate surface area is 192 Å². The van der Waals surface area contributed by atoms with Gasteiger partial charge in [-0.2, -0.15) is 4.31 Å². The van der Waals surface area contributed by atoms with E-state index in [-0.39, 0.29) is 23.8 Å². The predicted molar refractivity (Wildman–Crippen MR) is 118 cm³/mol. The number of hydrogen-bond acceptors (Lipinski definition) is 7. The third-order valence-corrected chi connectivity index (χ3v) is 7.54. The van der Waals surface area contributed by atoms with Crippen molar-refractivity contribution in [2.24, 2.45) is 0 Å². The fourth-order valence-corrected chi connectivity index (χ4v) is 5.29. The zero-order chi connectivity index (χ0) is 23.4. The van der Waals surface area contributed by atoms with E-state index in [0.717, 1.165) is 24.8 Å². The summed E-state index contributed by atoms with van der Waals surface area (Å²) in [4.78, 5) is 24.8. The van der Waals surface area contributed by atoms with E-state index >= 15 is 0 Å². The van der Waals surface area contributed by atoms with Crippen LogP contribution in [-0.4, -0.2) is 51.1 Å². The van der Waals surface area contributed by atoms with Crippen molar-refractivity contribution in [1.82, 2.24) is 9.62 Å². The minimum absolute atomic E-state index is 0.0502. The van der Waals surface area contributed by atoms with Gasteiger partial charge in [0.2, 0.25) is 16.8 Å². The van der Waals surface area contributed by atoms with Crippen molar-refractivity contribution in [3.05, 3.63) is 53.1 Å². The molecule has 9 nitrogen and oxygen atoms in total. The first-order valence-corrected chi connectivity index (χ1v) is 12.2. The Balaban J connectivity index is 1.35. The maximum absolute atomic E-state index is 12.9. The van der Waals surface area contributed by atoms with Crippen LogP contribution >= 0.6 is 0 Å². The van der Waals surface area contributed by atoms with E-state index < -0.39 is 28.5 Å². The zero-order valence-electron chi connectivity index (χ0n) is 18.3. The summed E-state index contributed by atoms with van der Waals surface area (Å²) in [7, 11) is -3.68. The molecule has 2 aromatic carbocycles.